The fraction of sp³-hybridized carbons (Fsp3) is 0.217. The van der Waals surface area contributed by atoms with E-state index in [2.05, 4.69) is 10.6 Å². The van der Waals surface area contributed by atoms with Crippen LogP contribution in [0.3, 0.4) is 0 Å². The summed E-state index contributed by atoms with van der Waals surface area (Å²) in [5.74, 6) is -0.319. The van der Waals surface area contributed by atoms with Crippen molar-refractivity contribution < 1.29 is 28.6 Å². The van der Waals surface area contributed by atoms with Crippen LogP contribution in [0.1, 0.15) is 23.2 Å². The number of ketones is 2. The number of hydrogen-bond acceptors (Lipinski definition) is 9. The monoisotopic (exact) mass is 433 g/mol. The lowest BCUT2D eigenvalue weighted by Crippen LogP contribution is -2.19. The van der Waals surface area contributed by atoms with Crippen LogP contribution in [0.5, 0.6) is 11.5 Å². The largest absolute Gasteiger partial charge is 0.486 e. The highest BCUT2D eigenvalue weighted by Gasteiger charge is 2.23. The van der Waals surface area contributed by atoms with E-state index in [0.717, 1.165) is 11.4 Å². The fourth-order valence-electron chi connectivity index (χ4n) is 3.25. The maximum atomic E-state index is 12.4. The molecular formula is C23H19N3O6. The third kappa shape index (κ3) is 4.54. The number of nitrogens with zero attached hydrogens (tertiary/aromatic N) is 1. The van der Waals surface area contributed by atoms with Gasteiger partial charge in [0.2, 0.25) is 5.78 Å². The van der Waals surface area contributed by atoms with Crippen molar-refractivity contribution >= 4 is 28.9 Å². The van der Waals surface area contributed by atoms with Crippen LogP contribution >= 0.6 is 0 Å². The van der Waals surface area contributed by atoms with Crippen LogP contribution in [0.25, 0.3) is 0 Å². The summed E-state index contributed by atoms with van der Waals surface area (Å²) < 4.78 is 15.8. The number of nitriles is 1. The van der Waals surface area contributed by atoms with Gasteiger partial charge in [-0.2, -0.15) is 5.26 Å². The van der Waals surface area contributed by atoms with Crippen molar-refractivity contribution in [2.75, 3.05) is 30.5 Å². The maximum Gasteiger partial charge on any atom is 0.306 e. The van der Waals surface area contributed by atoms with Gasteiger partial charge in [-0.05, 0) is 30.3 Å². The molecule has 2 aromatic carbocycles. The minimum Gasteiger partial charge on any atom is -0.486 e. The predicted octanol–water partition coefficient (Wildman–Crippen LogP) is 2.81. The van der Waals surface area contributed by atoms with E-state index >= 15 is 0 Å². The third-order valence-electron chi connectivity index (χ3n) is 4.87. The Morgan fingerprint density at radius 1 is 0.969 bits per heavy atom. The molecule has 2 heterocycles. The van der Waals surface area contributed by atoms with Crippen molar-refractivity contribution in [1.29, 1.82) is 5.26 Å². The van der Waals surface area contributed by atoms with Crippen molar-refractivity contribution in [1.82, 2.24) is 0 Å². The van der Waals surface area contributed by atoms with Crippen LogP contribution in [-0.2, 0) is 14.3 Å². The zero-order chi connectivity index (χ0) is 22.5. The van der Waals surface area contributed by atoms with Gasteiger partial charge >= 0.3 is 5.97 Å². The molecule has 32 heavy (non-hydrogen) atoms. The first kappa shape index (κ1) is 20.9. The highest BCUT2D eigenvalue weighted by atomic mass is 16.6. The number of rotatable bonds is 7. The van der Waals surface area contributed by atoms with Crippen LogP contribution in [0, 0.1) is 11.3 Å². The molecule has 0 fully saturated rings. The molecule has 0 saturated carbocycles. The summed E-state index contributed by atoms with van der Waals surface area (Å²) in [4.78, 5) is 36.8. The van der Waals surface area contributed by atoms with E-state index in [4.69, 9.17) is 14.2 Å². The van der Waals surface area contributed by atoms with Gasteiger partial charge in [0.25, 0.3) is 0 Å². The molecule has 0 spiro atoms. The zero-order valence-electron chi connectivity index (χ0n) is 17.0. The SMILES string of the molecule is N#CC(C(=O)COC(=O)CCC(=O)c1ccc2c(c1)OCCO2)=C1Nc2ccccc2N1. The summed E-state index contributed by atoms with van der Waals surface area (Å²) in [6.07, 6.45) is -0.280. The van der Waals surface area contributed by atoms with Gasteiger partial charge in [0.15, 0.2) is 23.9 Å². The number of carbonyl (C=O) groups is 3. The molecule has 2 aromatic rings. The van der Waals surface area contributed by atoms with Crippen LogP contribution < -0.4 is 20.1 Å². The molecule has 0 atom stereocenters. The Morgan fingerprint density at radius 2 is 1.66 bits per heavy atom. The molecule has 2 N–H and O–H groups in total. The summed E-state index contributed by atoms with van der Waals surface area (Å²) in [5.41, 5.74) is 1.68. The molecule has 9 heteroatoms. The second-order valence-electron chi connectivity index (χ2n) is 7.02. The Balaban J connectivity index is 1.28. The first-order chi connectivity index (χ1) is 15.5. The molecule has 0 aromatic heterocycles. The third-order valence-corrected chi connectivity index (χ3v) is 4.87. The maximum absolute atomic E-state index is 12.4. The normalized spacial score (nSPS) is 13.2. The van der Waals surface area contributed by atoms with Gasteiger partial charge in [-0.15, -0.1) is 0 Å². The quantitative estimate of drug-likeness (QED) is 0.293. The highest BCUT2D eigenvalue weighted by Crippen LogP contribution is 2.32. The predicted molar refractivity (Wildman–Crippen MR) is 113 cm³/mol. The van der Waals surface area contributed by atoms with Crippen molar-refractivity contribution in [2.24, 2.45) is 0 Å². The highest BCUT2D eigenvalue weighted by molar-refractivity contribution is 6.03. The van der Waals surface area contributed by atoms with E-state index in [9.17, 15) is 19.6 Å². The van der Waals surface area contributed by atoms with Crippen molar-refractivity contribution in [3.63, 3.8) is 0 Å². The number of nitrogens with one attached hydrogen (secondary N) is 2. The molecule has 0 unspecified atom stereocenters. The number of benzene rings is 2. The molecule has 0 aliphatic carbocycles. The molecule has 162 valence electrons. The zero-order valence-corrected chi connectivity index (χ0v) is 17.0. The van der Waals surface area contributed by atoms with Gasteiger partial charge in [-0.25, -0.2) is 0 Å². The van der Waals surface area contributed by atoms with E-state index in [0.29, 0.717) is 30.3 Å². The summed E-state index contributed by atoms with van der Waals surface area (Å²) >= 11 is 0. The van der Waals surface area contributed by atoms with Crippen LogP contribution in [0.15, 0.2) is 53.9 Å². The summed E-state index contributed by atoms with van der Waals surface area (Å²) in [7, 11) is 0. The molecule has 9 nitrogen and oxygen atoms in total. The minimum atomic E-state index is -0.706. The lowest BCUT2D eigenvalue weighted by molar-refractivity contribution is -0.147. The number of para-hydroxylation sites is 2. The number of esters is 1. The topological polar surface area (TPSA) is 127 Å². The van der Waals surface area contributed by atoms with E-state index in [1.807, 2.05) is 18.2 Å². The Kier molecular flexibility index (Phi) is 6.03. The molecule has 2 aliphatic rings. The van der Waals surface area contributed by atoms with E-state index < -0.39 is 18.4 Å². The standard InChI is InChI=1S/C23H19N3O6/c24-12-15(23-25-16-3-1-2-4-17(16)26-23)19(28)13-32-22(29)8-6-18(27)14-5-7-20-21(11-14)31-10-9-30-20/h1-5,7,11,25-26H,6,8-10,13H2. The number of hydrogen-bond donors (Lipinski definition) is 2. The van der Waals surface area contributed by atoms with Crippen molar-refractivity contribution in [3.05, 3.63) is 59.4 Å². The summed E-state index contributed by atoms with van der Waals surface area (Å²) in [6.45, 7) is 0.264. The molecule has 0 amide bonds. The Hall–Kier alpha value is -4.32. The van der Waals surface area contributed by atoms with Gasteiger partial charge in [0.05, 0.1) is 17.8 Å². The first-order valence-corrected chi connectivity index (χ1v) is 9.94. The van der Waals surface area contributed by atoms with E-state index in [1.54, 1.807) is 30.3 Å². The Bertz CT molecular complexity index is 1140. The lowest BCUT2D eigenvalue weighted by Gasteiger charge is -2.18. The number of fused-ring (bicyclic) bond motifs is 2. The average Bonchev–Trinajstić information content (AvgIpc) is 3.25. The van der Waals surface area contributed by atoms with Gasteiger partial charge < -0.3 is 24.8 Å². The van der Waals surface area contributed by atoms with Crippen LogP contribution in [0.2, 0.25) is 0 Å². The van der Waals surface area contributed by atoms with E-state index in [-0.39, 0.29) is 30.0 Å². The molecule has 0 saturated heterocycles. The number of Topliss-reactive ketones (excluding diaryl/α,β-unsaturated/α-hetero) is 2. The average molecular weight is 433 g/mol. The second-order valence-corrected chi connectivity index (χ2v) is 7.02. The number of carbonyl (C=O) groups excluding carboxylic acids is 3. The van der Waals surface area contributed by atoms with Crippen molar-refractivity contribution in [2.45, 2.75) is 12.8 Å². The van der Waals surface area contributed by atoms with Crippen LogP contribution in [-0.4, -0.2) is 37.4 Å². The smallest absolute Gasteiger partial charge is 0.306 e. The molecule has 0 radical (unpaired) electrons. The van der Waals surface area contributed by atoms with Gasteiger partial charge in [-0.1, -0.05) is 12.1 Å². The van der Waals surface area contributed by atoms with Crippen molar-refractivity contribution in [3.8, 4) is 17.6 Å². The number of anilines is 2. The van der Waals surface area contributed by atoms with Gasteiger partial charge in [-0.3, -0.25) is 14.4 Å². The van der Waals surface area contributed by atoms with Gasteiger partial charge in [0, 0.05) is 12.0 Å². The molecule has 2 aliphatic heterocycles. The van der Waals surface area contributed by atoms with Crippen LogP contribution in [0.4, 0.5) is 11.4 Å². The lowest BCUT2D eigenvalue weighted by atomic mass is 10.1. The second kappa shape index (κ2) is 9.22. The van der Waals surface area contributed by atoms with Gasteiger partial charge in [0.1, 0.15) is 30.7 Å². The number of ether oxygens (including phenoxy) is 3. The Labute approximate surface area is 183 Å². The minimum absolute atomic E-state index is 0.0860. The fourth-order valence-corrected chi connectivity index (χ4v) is 3.25. The van der Waals surface area contributed by atoms with E-state index in [1.165, 1.54) is 0 Å². The summed E-state index contributed by atoms with van der Waals surface area (Å²) in [6, 6.07) is 13.9. The summed E-state index contributed by atoms with van der Waals surface area (Å²) in [5, 5.41) is 15.3. The molecule has 0 bridgehead atoms. The molecular weight excluding hydrogens is 414 g/mol. The first-order valence-electron chi connectivity index (χ1n) is 9.94. The molecule has 4 rings (SSSR count). The Morgan fingerprint density at radius 3 is 2.34 bits per heavy atom.